The molecule has 5 heteroatoms. The summed E-state index contributed by atoms with van der Waals surface area (Å²) in [7, 11) is 0. The van der Waals surface area contributed by atoms with Gasteiger partial charge in [-0.3, -0.25) is 0 Å². The quantitative estimate of drug-likeness (QED) is 0.799. The number of hydrogen-bond acceptors (Lipinski definition) is 2. The van der Waals surface area contributed by atoms with Gasteiger partial charge in [0.1, 0.15) is 11.6 Å². The van der Waals surface area contributed by atoms with E-state index in [4.69, 9.17) is 0 Å². The molecule has 0 aliphatic heterocycles. The Morgan fingerprint density at radius 2 is 1.76 bits per heavy atom. The molecule has 0 unspecified atom stereocenters. The molecule has 3 nitrogen and oxygen atoms in total. The van der Waals surface area contributed by atoms with Gasteiger partial charge < -0.3 is 9.67 Å². The van der Waals surface area contributed by atoms with E-state index in [-0.39, 0.29) is 5.75 Å². The number of aromatic hydroxyl groups is 1. The maximum atomic E-state index is 13.2. The molecule has 1 N–H and O–H groups in total. The lowest BCUT2D eigenvalue weighted by Crippen LogP contribution is -2.02. The number of imidazole rings is 1. The molecule has 0 fully saturated rings. The lowest BCUT2D eigenvalue weighted by Gasteiger charge is -2.08. The number of halogens is 2. The molecule has 21 heavy (non-hydrogen) atoms. The molecule has 0 saturated carbocycles. The van der Waals surface area contributed by atoms with Crippen molar-refractivity contribution in [1.82, 2.24) is 9.55 Å². The Bertz CT molecular complexity index is 766. The molecule has 3 aromatic rings. The van der Waals surface area contributed by atoms with Crippen LogP contribution in [0.3, 0.4) is 0 Å². The summed E-state index contributed by atoms with van der Waals surface area (Å²) >= 11 is 0. The Kier molecular flexibility index (Phi) is 3.39. The first-order valence-corrected chi connectivity index (χ1v) is 6.38. The zero-order chi connectivity index (χ0) is 14.8. The normalized spacial score (nSPS) is 10.8. The van der Waals surface area contributed by atoms with E-state index in [9.17, 15) is 13.9 Å². The summed E-state index contributed by atoms with van der Waals surface area (Å²) in [6, 6.07) is 10.5. The van der Waals surface area contributed by atoms with Crippen LogP contribution in [0.2, 0.25) is 0 Å². The van der Waals surface area contributed by atoms with Crippen molar-refractivity contribution < 1.29 is 13.9 Å². The Hall–Kier alpha value is -2.69. The van der Waals surface area contributed by atoms with Crippen LogP contribution in [0.4, 0.5) is 8.78 Å². The number of aromatic nitrogens is 2. The largest absolute Gasteiger partial charge is 0.508 e. The molecule has 106 valence electrons. The van der Waals surface area contributed by atoms with E-state index >= 15 is 0 Å². The molecule has 0 amide bonds. The molecule has 1 aromatic heterocycles. The van der Waals surface area contributed by atoms with Gasteiger partial charge in [-0.05, 0) is 42.0 Å². The van der Waals surface area contributed by atoms with Crippen LogP contribution in [0, 0.1) is 11.6 Å². The van der Waals surface area contributed by atoms with Gasteiger partial charge >= 0.3 is 0 Å². The van der Waals surface area contributed by atoms with E-state index in [0.29, 0.717) is 17.9 Å². The first-order valence-electron chi connectivity index (χ1n) is 6.38. The van der Waals surface area contributed by atoms with Gasteiger partial charge in [0.15, 0.2) is 11.6 Å². The summed E-state index contributed by atoms with van der Waals surface area (Å²) in [5.74, 6) is -0.848. The zero-order valence-electron chi connectivity index (χ0n) is 11.0. The molecule has 0 aliphatic carbocycles. The van der Waals surface area contributed by atoms with Crippen molar-refractivity contribution in [3.8, 4) is 17.1 Å². The topological polar surface area (TPSA) is 38.1 Å². The fraction of sp³-hybridized carbons (Fsp3) is 0.0625. The van der Waals surface area contributed by atoms with Gasteiger partial charge in [-0.1, -0.05) is 6.07 Å². The van der Waals surface area contributed by atoms with Gasteiger partial charge in [-0.2, -0.15) is 0 Å². The fourth-order valence-corrected chi connectivity index (χ4v) is 2.14. The first kappa shape index (κ1) is 13.3. The summed E-state index contributed by atoms with van der Waals surface area (Å²) in [6.07, 6.45) is 3.41. The average molecular weight is 286 g/mol. The number of phenols is 1. The highest BCUT2D eigenvalue weighted by Gasteiger charge is 2.08. The van der Waals surface area contributed by atoms with Crippen molar-refractivity contribution in [1.29, 1.82) is 0 Å². The van der Waals surface area contributed by atoms with Gasteiger partial charge in [0, 0.05) is 24.5 Å². The molecule has 0 saturated heterocycles. The van der Waals surface area contributed by atoms with E-state index in [1.165, 1.54) is 6.07 Å². The minimum atomic E-state index is -0.862. The molecular weight excluding hydrogens is 274 g/mol. The highest BCUT2D eigenvalue weighted by Crippen LogP contribution is 2.21. The molecule has 1 heterocycles. The van der Waals surface area contributed by atoms with Crippen LogP contribution in [0.1, 0.15) is 5.56 Å². The van der Waals surface area contributed by atoms with Crippen molar-refractivity contribution in [3.05, 3.63) is 72.1 Å². The maximum absolute atomic E-state index is 13.2. The van der Waals surface area contributed by atoms with Crippen molar-refractivity contribution in [2.24, 2.45) is 0 Å². The van der Waals surface area contributed by atoms with E-state index < -0.39 is 11.6 Å². The van der Waals surface area contributed by atoms with E-state index in [1.54, 1.807) is 42.7 Å². The Labute approximate surface area is 120 Å². The second-order valence-corrected chi connectivity index (χ2v) is 4.67. The summed E-state index contributed by atoms with van der Waals surface area (Å²) in [6.45, 7) is 0.382. The van der Waals surface area contributed by atoms with Crippen molar-refractivity contribution >= 4 is 0 Å². The predicted molar refractivity (Wildman–Crippen MR) is 74.8 cm³/mol. The molecule has 3 rings (SSSR count). The molecule has 0 atom stereocenters. The third-order valence-corrected chi connectivity index (χ3v) is 3.18. The lowest BCUT2D eigenvalue weighted by atomic mass is 10.2. The molecular formula is C16H12F2N2O. The van der Waals surface area contributed by atoms with E-state index in [1.807, 2.05) is 4.57 Å². The Balaban J connectivity index is 1.92. The third-order valence-electron chi connectivity index (χ3n) is 3.18. The van der Waals surface area contributed by atoms with Crippen LogP contribution >= 0.6 is 0 Å². The van der Waals surface area contributed by atoms with Crippen molar-refractivity contribution in [3.63, 3.8) is 0 Å². The van der Waals surface area contributed by atoms with Gasteiger partial charge in [-0.25, -0.2) is 13.8 Å². The highest BCUT2D eigenvalue weighted by atomic mass is 19.2. The number of phenolic OH excluding ortho intramolecular Hbond substituents is 1. The summed E-state index contributed by atoms with van der Waals surface area (Å²) in [5, 5.41) is 9.31. The van der Waals surface area contributed by atoms with E-state index in [0.717, 1.165) is 11.6 Å². The van der Waals surface area contributed by atoms with Gasteiger partial charge in [0.05, 0.1) is 0 Å². The molecule has 0 radical (unpaired) electrons. The Morgan fingerprint density at radius 1 is 1.00 bits per heavy atom. The maximum Gasteiger partial charge on any atom is 0.159 e. The molecule has 2 aromatic carbocycles. The van der Waals surface area contributed by atoms with Crippen LogP contribution in [-0.4, -0.2) is 14.7 Å². The highest BCUT2D eigenvalue weighted by molar-refractivity contribution is 5.56. The SMILES string of the molecule is Oc1ccc(-c2nccn2Cc2ccc(F)c(F)c2)cc1. The molecule has 0 aliphatic rings. The summed E-state index contributed by atoms with van der Waals surface area (Å²) in [4.78, 5) is 4.27. The van der Waals surface area contributed by atoms with Crippen LogP contribution < -0.4 is 0 Å². The first-order chi connectivity index (χ1) is 10.1. The van der Waals surface area contributed by atoms with Gasteiger partial charge in [-0.15, -0.1) is 0 Å². The second kappa shape index (κ2) is 5.36. The van der Waals surface area contributed by atoms with Crippen molar-refractivity contribution in [2.75, 3.05) is 0 Å². The van der Waals surface area contributed by atoms with Crippen LogP contribution in [0.15, 0.2) is 54.9 Å². The predicted octanol–water partition coefficient (Wildman–Crippen LogP) is 3.58. The standard InChI is InChI=1S/C16H12F2N2O/c17-14-6-1-11(9-15(14)18)10-20-8-7-19-16(20)12-2-4-13(21)5-3-12/h1-9,21H,10H2. The van der Waals surface area contributed by atoms with Crippen LogP contribution in [-0.2, 0) is 6.54 Å². The summed E-state index contributed by atoms with van der Waals surface area (Å²) < 4.78 is 28.0. The smallest absolute Gasteiger partial charge is 0.159 e. The molecule has 0 spiro atoms. The van der Waals surface area contributed by atoms with Crippen molar-refractivity contribution in [2.45, 2.75) is 6.54 Å². The minimum absolute atomic E-state index is 0.178. The monoisotopic (exact) mass is 286 g/mol. The van der Waals surface area contributed by atoms with Crippen LogP contribution in [0.25, 0.3) is 11.4 Å². The Morgan fingerprint density at radius 3 is 2.48 bits per heavy atom. The fourth-order valence-electron chi connectivity index (χ4n) is 2.14. The lowest BCUT2D eigenvalue weighted by molar-refractivity contribution is 0.475. The number of benzene rings is 2. The number of rotatable bonds is 3. The van der Waals surface area contributed by atoms with Gasteiger partial charge in [0.25, 0.3) is 0 Å². The van der Waals surface area contributed by atoms with Crippen LogP contribution in [0.5, 0.6) is 5.75 Å². The average Bonchev–Trinajstić information content (AvgIpc) is 2.92. The number of nitrogens with zero attached hydrogens (tertiary/aromatic N) is 2. The minimum Gasteiger partial charge on any atom is -0.508 e. The molecule has 0 bridgehead atoms. The van der Waals surface area contributed by atoms with E-state index in [2.05, 4.69) is 4.98 Å². The van der Waals surface area contributed by atoms with Gasteiger partial charge in [0.2, 0.25) is 0 Å². The third kappa shape index (κ3) is 2.76. The summed E-state index contributed by atoms with van der Waals surface area (Å²) in [5.41, 5.74) is 1.48. The zero-order valence-corrected chi connectivity index (χ0v) is 11.0. The number of hydrogen-bond donors (Lipinski definition) is 1. The second-order valence-electron chi connectivity index (χ2n) is 4.67.